The molecule has 1 heterocycles. The molecule has 0 aliphatic carbocycles. The molecular formula is C18H13FN4O5S3. The second-order valence-corrected chi connectivity index (χ2v) is 8.52. The molecule has 9 nitrogen and oxygen atoms in total. The predicted octanol–water partition coefficient (Wildman–Crippen LogP) is 4.23. The fraction of sp³-hybridized carbons (Fsp3) is 0.111. The summed E-state index contributed by atoms with van der Waals surface area (Å²) in [4.78, 5) is 34.3. The molecule has 0 bridgehead atoms. The van der Waals surface area contributed by atoms with E-state index in [-0.39, 0.29) is 11.3 Å². The molecule has 0 fully saturated rings. The number of halogens is 1. The SMILES string of the molecule is CSc1nn(-c2ccc(C(=O)OCC(=O)Nc3ccc(F)cc3[N+](=O)[O-])cc2)c(=S)s1. The average molecular weight is 481 g/mol. The molecule has 0 radical (unpaired) electrons. The number of anilines is 1. The number of thioether (sulfide) groups is 1. The van der Waals surface area contributed by atoms with Crippen LogP contribution in [0.25, 0.3) is 5.69 Å². The van der Waals surface area contributed by atoms with Crippen LogP contribution in [0, 0.1) is 19.9 Å². The smallest absolute Gasteiger partial charge is 0.338 e. The lowest BCUT2D eigenvalue weighted by Gasteiger charge is -2.08. The molecule has 1 aromatic heterocycles. The van der Waals surface area contributed by atoms with Gasteiger partial charge in [0.25, 0.3) is 11.6 Å². The van der Waals surface area contributed by atoms with Gasteiger partial charge in [-0.25, -0.2) is 13.9 Å². The van der Waals surface area contributed by atoms with Gasteiger partial charge in [-0.3, -0.25) is 14.9 Å². The lowest BCUT2D eigenvalue weighted by molar-refractivity contribution is -0.384. The molecule has 1 amide bonds. The quantitative estimate of drug-likeness (QED) is 0.176. The van der Waals surface area contributed by atoms with Crippen LogP contribution in [0.2, 0.25) is 0 Å². The largest absolute Gasteiger partial charge is 0.452 e. The van der Waals surface area contributed by atoms with Crippen molar-refractivity contribution >= 4 is 58.6 Å². The van der Waals surface area contributed by atoms with Gasteiger partial charge in [0.05, 0.1) is 22.2 Å². The summed E-state index contributed by atoms with van der Waals surface area (Å²) in [6, 6.07) is 8.97. The average Bonchev–Trinajstić information content (AvgIpc) is 3.14. The highest BCUT2D eigenvalue weighted by atomic mass is 32.2. The van der Waals surface area contributed by atoms with Crippen molar-refractivity contribution in [1.82, 2.24) is 9.78 Å². The minimum Gasteiger partial charge on any atom is -0.452 e. The number of nitrogens with one attached hydrogen (secondary N) is 1. The summed E-state index contributed by atoms with van der Waals surface area (Å²) in [6.07, 6.45) is 1.89. The van der Waals surface area contributed by atoms with Gasteiger partial charge in [-0.2, -0.15) is 0 Å². The second-order valence-electron chi connectivity index (χ2n) is 5.84. The molecule has 1 N–H and O–H groups in total. The Morgan fingerprint density at radius 1 is 1.32 bits per heavy atom. The molecule has 0 saturated carbocycles. The van der Waals surface area contributed by atoms with Crippen molar-refractivity contribution in [3.05, 3.63) is 67.9 Å². The van der Waals surface area contributed by atoms with E-state index in [1.807, 2.05) is 6.26 Å². The highest BCUT2D eigenvalue weighted by molar-refractivity contribution is 8.00. The van der Waals surface area contributed by atoms with Gasteiger partial charge in [-0.15, -0.1) is 5.10 Å². The number of rotatable bonds is 7. The van der Waals surface area contributed by atoms with Crippen molar-refractivity contribution in [3.63, 3.8) is 0 Å². The Morgan fingerprint density at radius 3 is 2.65 bits per heavy atom. The molecular weight excluding hydrogens is 467 g/mol. The lowest BCUT2D eigenvalue weighted by Crippen LogP contribution is -2.21. The van der Waals surface area contributed by atoms with E-state index >= 15 is 0 Å². The second kappa shape index (κ2) is 9.76. The number of nitro groups is 1. The maximum Gasteiger partial charge on any atom is 0.338 e. The normalized spacial score (nSPS) is 10.5. The molecule has 0 aliphatic heterocycles. The first-order chi connectivity index (χ1) is 14.8. The van der Waals surface area contributed by atoms with E-state index in [2.05, 4.69) is 10.4 Å². The highest BCUT2D eigenvalue weighted by Crippen LogP contribution is 2.25. The van der Waals surface area contributed by atoms with E-state index in [0.29, 0.717) is 15.7 Å². The molecule has 0 aliphatic rings. The van der Waals surface area contributed by atoms with E-state index in [0.717, 1.165) is 16.5 Å². The number of benzene rings is 2. The molecule has 31 heavy (non-hydrogen) atoms. The van der Waals surface area contributed by atoms with E-state index in [4.69, 9.17) is 17.0 Å². The van der Waals surface area contributed by atoms with Crippen LogP contribution in [0.1, 0.15) is 10.4 Å². The van der Waals surface area contributed by atoms with E-state index in [9.17, 15) is 24.1 Å². The summed E-state index contributed by atoms with van der Waals surface area (Å²) < 4.78 is 21.0. The Labute approximate surface area is 188 Å². The number of nitrogens with zero attached hydrogens (tertiary/aromatic N) is 3. The van der Waals surface area contributed by atoms with Gasteiger partial charge in [0.2, 0.25) is 0 Å². The lowest BCUT2D eigenvalue weighted by atomic mass is 10.2. The Hall–Kier alpha value is -3.16. The summed E-state index contributed by atoms with van der Waals surface area (Å²) in [7, 11) is 0. The van der Waals surface area contributed by atoms with E-state index in [1.165, 1.54) is 35.2 Å². The molecule has 3 aromatic rings. The van der Waals surface area contributed by atoms with Crippen molar-refractivity contribution in [3.8, 4) is 5.69 Å². The van der Waals surface area contributed by atoms with Gasteiger partial charge in [-0.05, 0) is 54.9 Å². The van der Waals surface area contributed by atoms with E-state index in [1.54, 1.807) is 16.8 Å². The Bertz CT molecular complexity index is 1210. The molecule has 0 saturated heterocycles. The predicted molar refractivity (Wildman–Crippen MR) is 116 cm³/mol. The van der Waals surface area contributed by atoms with Gasteiger partial charge in [0, 0.05) is 0 Å². The fourth-order valence-electron chi connectivity index (χ4n) is 2.41. The maximum atomic E-state index is 13.2. The Kier molecular flexibility index (Phi) is 7.09. The van der Waals surface area contributed by atoms with Crippen LogP contribution < -0.4 is 5.32 Å². The van der Waals surface area contributed by atoms with Crippen molar-refractivity contribution in [2.75, 3.05) is 18.2 Å². The number of ether oxygens (including phenoxy) is 1. The number of hydrogen-bond acceptors (Lipinski definition) is 9. The number of amides is 1. The molecule has 0 spiro atoms. The zero-order valence-electron chi connectivity index (χ0n) is 15.7. The van der Waals surface area contributed by atoms with Crippen molar-refractivity contribution in [2.45, 2.75) is 4.34 Å². The van der Waals surface area contributed by atoms with Crippen molar-refractivity contribution in [1.29, 1.82) is 0 Å². The summed E-state index contributed by atoms with van der Waals surface area (Å²) in [5.74, 6) is -2.39. The molecule has 160 valence electrons. The fourth-order valence-corrected chi connectivity index (χ4v) is 4.19. The third kappa shape index (κ3) is 5.51. The topological polar surface area (TPSA) is 116 Å². The van der Waals surface area contributed by atoms with Crippen molar-refractivity contribution < 1.29 is 23.6 Å². The van der Waals surface area contributed by atoms with Crippen LogP contribution in [-0.4, -0.2) is 39.4 Å². The molecule has 0 unspecified atom stereocenters. The first-order valence-electron chi connectivity index (χ1n) is 8.44. The van der Waals surface area contributed by atoms with Gasteiger partial charge in [-0.1, -0.05) is 23.1 Å². The minimum atomic E-state index is -0.830. The first kappa shape index (κ1) is 22.5. The van der Waals surface area contributed by atoms with E-state index < -0.39 is 34.9 Å². The van der Waals surface area contributed by atoms with Crippen LogP contribution >= 0.6 is 35.3 Å². The van der Waals surface area contributed by atoms with Crippen LogP contribution in [0.15, 0.2) is 46.8 Å². The number of carbonyl (C=O) groups excluding carboxylic acids is 2. The maximum absolute atomic E-state index is 13.2. The number of hydrogen-bond donors (Lipinski definition) is 1. The van der Waals surface area contributed by atoms with Crippen LogP contribution in [0.3, 0.4) is 0 Å². The Morgan fingerprint density at radius 2 is 2.03 bits per heavy atom. The third-order valence-corrected chi connectivity index (χ3v) is 6.02. The molecule has 3 rings (SSSR count). The first-order valence-corrected chi connectivity index (χ1v) is 10.9. The summed E-state index contributed by atoms with van der Waals surface area (Å²) in [6.45, 7) is -0.677. The van der Waals surface area contributed by atoms with Crippen molar-refractivity contribution in [2.24, 2.45) is 0 Å². The van der Waals surface area contributed by atoms with Gasteiger partial charge >= 0.3 is 5.97 Å². The molecule has 2 aromatic carbocycles. The zero-order valence-corrected chi connectivity index (χ0v) is 18.2. The Balaban J connectivity index is 1.62. The van der Waals surface area contributed by atoms with Gasteiger partial charge < -0.3 is 10.1 Å². The summed E-state index contributed by atoms with van der Waals surface area (Å²) >= 11 is 8.11. The summed E-state index contributed by atoms with van der Waals surface area (Å²) in [5.41, 5.74) is 0.0394. The number of esters is 1. The molecule has 13 heteroatoms. The monoisotopic (exact) mass is 480 g/mol. The number of carbonyl (C=O) groups is 2. The number of nitro benzene ring substituents is 1. The van der Waals surface area contributed by atoms with Crippen LogP contribution in [0.5, 0.6) is 0 Å². The van der Waals surface area contributed by atoms with Gasteiger partial charge in [0.15, 0.2) is 14.9 Å². The zero-order chi connectivity index (χ0) is 22.5. The van der Waals surface area contributed by atoms with Gasteiger partial charge in [0.1, 0.15) is 11.5 Å². The third-order valence-electron chi connectivity index (χ3n) is 3.82. The minimum absolute atomic E-state index is 0.191. The van der Waals surface area contributed by atoms with Crippen LogP contribution in [0.4, 0.5) is 15.8 Å². The standard InChI is InChI=1S/C18H13FN4O5S3/c1-30-17-21-22(18(29)31-17)12-5-2-10(3-6-12)16(25)28-9-15(24)20-13-7-4-11(19)8-14(13)23(26)27/h2-8H,9H2,1H3,(H,20,24). The highest BCUT2D eigenvalue weighted by Gasteiger charge is 2.18. The van der Waals surface area contributed by atoms with Crippen LogP contribution in [-0.2, 0) is 9.53 Å². The molecule has 0 atom stereocenters. The number of aromatic nitrogens is 2. The summed E-state index contributed by atoms with van der Waals surface area (Å²) in [5, 5.41) is 17.5.